The van der Waals surface area contributed by atoms with Gasteiger partial charge in [0.15, 0.2) is 11.6 Å². The van der Waals surface area contributed by atoms with E-state index >= 15 is 0 Å². The lowest BCUT2D eigenvalue weighted by Gasteiger charge is -2.13. The Hall–Kier alpha value is -1.25. The third-order valence-corrected chi connectivity index (χ3v) is 2.59. The summed E-state index contributed by atoms with van der Waals surface area (Å²) in [7, 11) is 1.47. The molecule has 1 atom stereocenters. The van der Waals surface area contributed by atoms with Crippen LogP contribution in [0.5, 0.6) is 5.75 Å². The van der Waals surface area contributed by atoms with Crippen molar-refractivity contribution in [1.82, 2.24) is 0 Å². The van der Waals surface area contributed by atoms with Gasteiger partial charge in [-0.05, 0) is 24.5 Å². The van der Waals surface area contributed by atoms with Crippen LogP contribution in [0.15, 0.2) is 18.2 Å². The molecule has 0 bridgehead atoms. The van der Waals surface area contributed by atoms with Gasteiger partial charge in [0.1, 0.15) is 0 Å². The summed E-state index contributed by atoms with van der Waals surface area (Å²) in [4.78, 5) is 0. The Morgan fingerprint density at radius 3 is 2.75 bits per heavy atom. The molecule has 0 aliphatic heterocycles. The zero-order chi connectivity index (χ0) is 12.0. The number of ether oxygens (including phenoxy) is 1. The molecular formula is C13H20FNO. The summed E-state index contributed by atoms with van der Waals surface area (Å²) in [6, 6.07) is 4.94. The molecule has 0 fully saturated rings. The lowest BCUT2D eigenvalue weighted by atomic mass is 10.1. The molecule has 1 unspecified atom stereocenters. The van der Waals surface area contributed by atoms with E-state index in [4.69, 9.17) is 4.74 Å². The number of anilines is 1. The van der Waals surface area contributed by atoms with Gasteiger partial charge in [0.05, 0.1) is 7.11 Å². The van der Waals surface area contributed by atoms with Gasteiger partial charge in [-0.3, -0.25) is 0 Å². The topological polar surface area (TPSA) is 21.3 Å². The quantitative estimate of drug-likeness (QED) is 0.797. The molecule has 1 N–H and O–H groups in total. The van der Waals surface area contributed by atoms with Crippen LogP contribution in [-0.4, -0.2) is 13.7 Å². The second-order valence-corrected chi connectivity index (χ2v) is 4.12. The smallest absolute Gasteiger partial charge is 0.167 e. The van der Waals surface area contributed by atoms with Crippen LogP contribution < -0.4 is 10.1 Å². The predicted octanol–water partition coefficient (Wildman–Crippen LogP) is 3.68. The Morgan fingerprint density at radius 2 is 2.19 bits per heavy atom. The molecule has 90 valence electrons. The first-order chi connectivity index (χ1) is 7.67. The lowest BCUT2D eigenvalue weighted by Crippen LogP contribution is -2.11. The molecule has 0 saturated carbocycles. The predicted molar refractivity (Wildman–Crippen MR) is 65.5 cm³/mol. The van der Waals surface area contributed by atoms with Crippen LogP contribution in [0, 0.1) is 11.7 Å². The molecule has 0 amide bonds. The van der Waals surface area contributed by atoms with Gasteiger partial charge in [-0.25, -0.2) is 4.39 Å². The van der Waals surface area contributed by atoms with Crippen molar-refractivity contribution in [2.24, 2.45) is 5.92 Å². The van der Waals surface area contributed by atoms with Crippen LogP contribution >= 0.6 is 0 Å². The number of halogens is 1. The van der Waals surface area contributed by atoms with Gasteiger partial charge >= 0.3 is 0 Å². The summed E-state index contributed by atoms with van der Waals surface area (Å²) in [6.45, 7) is 5.24. The Balaban J connectivity index is 2.51. The number of benzene rings is 1. The van der Waals surface area contributed by atoms with Gasteiger partial charge in [-0.1, -0.05) is 20.3 Å². The van der Waals surface area contributed by atoms with E-state index in [9.17, 15) is 4.39 Å². The molecule has 2 nitrogen and oxygen atoms in total. The molecule has 0 spiro atoms. The van der Waals surface area contributed by atoms with E-state index in [-0.39, 0.29) is 11.6 Å². The summed E-state index contributed by atoms with van der Waals surface area (Å²) >= 11 is 0. The van der Waals surface area contributed by atoms with E-state index in [1.54, 1.807) is 6.07 Å². The van der Waals surface area contributed by atoms with Gasteiger partial charge < -0.3 is 10.1 Å². The Labute approximate surface area is 96.8 Å². The van der Waals surface area contributed by atoms with E-state index in [1.807, 2.05) is 6.07 Å². The molecule has 0 saturated heterocycles. The van der Waals surface area contributed by atoms with E-state index in [0.717, 1.165) is 12.2 Å². The zero-order valence-electron chi connectivity index (χ0n) is 10.2. The van der Waals surface area contributed by atoms with Crippen molar-refractivity contribution in [3.63, 3.8) is 0 Å². The molecule has 1 rings (SSSR count). The van der Waals surface area contributed by atoms with Gasteiger partial charge in [0.2, 0.25) is 0 Å². The molecule has 16 heavy (non-hydrogen) atoms. The second-order valence-electron chi connectivity index (χ2n) is 4.12. The van der Waals surface area contributed by atoms with Crippen LogP contribution in [0.1, 0.15) is 26.7 Å². The normalized spacial score (nSPS) is 12.2. The van der Waals surface area contributed by atoms with Gasteiger partial charge in [0.25, 0.3) is 0 Å². The van der Waals surface area contributed by atoms with E-state index < -0.39 is 0 Å². The number of rotatable bonds is 6. The molecule has 0 heterocycles. The van der Waals surface area contributed by atoms with Crippen molar-refractivity contribution < 1.29 is 9.13 Å². The van der Waals surface area contributed by atoms with Crippen molar-refractivity contribution in [3.05, 3.63) is 24.0 Å². The van der Waals surface area contributed by atoms with E-state index in [0.29, 0.717) is 5.92 Å². The number of nitrogens with one attached hydrogen (secondary N) is 1. The van der Waals surface area contributed by atoms with Crippen LogP contribution in [0.4, 0.5) is 10.1 Å². The van der Waals surface area contributed by atoms with Crippen LogP contribution in [0.25, 0.3) is 0 Å². The fraction of sp³-hybridized carbons (Fsp3) is 0.538. The summed E-state index contributed by atoms with van der Waals surface area (Å²) in [5.41, 5.74) is 0.807. The SMILES string of the molecule is CCCC(C)CNc1ccc(OC)c(F)c1. The zero-order valence-corrected chi connectivity index (χ0v) is 10.2. The Kier molecular flexibility index (Phi) is 5.09. The Bertz CT molecular complexity index is 328. The van der Waals surface area contributed by atoms with Crippen molar-refractivity contribution >= 4 is 5.69 Å². The summed E-state index contributed by atoms with van der Waals surface area (Å²) in [5.74, 6) is 0.568. The summed E-state index contributed by atoms with van der Waals surface area (Å²) in [5, 5.41) is 3.23. The number of hydrogen-bond donors (Lipinski definition) is 1. The summed E-state index contributed by atoms with van der Waals surface area (Å²) in [6.07, 6.45) is 2.37. The molecule has 0 aliphatic rings. The highest BCUT2D eigenvalue weighted by Crippen LogP contribution is 2.20. The van der Waals surface area contributed by atoms with E-state index in [1.165, 1.54) is 26.0 Å². The van der Waals surface area contributed by atoms with Crippen LogP contribution in [0.2, 0.25) is 0 Å². The largest absolute Gasteiger partial charge is 0.494 e. The first-order valence-electron chi connectivity index (χ1n) is 5.74. The maximum absolute atomic E-state index is 13.4. The molecule has 0 aromatic heterocycles. The van der Waals surface area contributed by atoms with Gasteiger partial charge in [-0.15, -0.1) is 0 Å². The molecule has 1 aromatic carbocycles. The maximum atomic E-state index is 13.4. The molecule has 0 aliphatic carbocycles. The monoisotopic (exact) mass is 225 g/mol. The highest BCUT2D eigenvalue weighted by Gasteiger charge is 2.04. The standard InChI is InChI=1S/C13H20FNO/c1-4-5-10(2)9-15-11-6-7-13(16-3)12(14)8-11/h6-8,10,15H,4-5,9H2,1-3H3. The minimum absolute atomic E-state index is 0.284. The average Bonchev–Trinajstić information content (AvgIpc) is 2.27. The van der Waals surface area contributed by atoms with Crippen LogP contribution in [0.3, 0.4) is 0 Å². The van der Waals surface area contributed by atoms with Crippen molar-refractivity contribution in [2.75, 3.05) is 19.0 Å². The highest BCUT2D eigenvalue weighted by molar-refractivity contribution is 5.47. The first kappa shape index (κ1) is 12.8. The maximum Gasteiger partial charge on any atom is 0.167 e. The summed E-state index contributed by atoms with van der Waals surface area (Å²) < 4.78 is 18.2. The number of methoxy groups -OCH3 is 1. The Morgan fingerprint density at radius 1 is 1.44 bits per heavy atom. The minimum Gasteiger partial charge on any atom is -0.494 e. The fourth-order valence-electron chi connectivity index (χ4n) is 1.66. The van der Waals surface area contributed by atoms with Crippen molar-refractivity contribution in [2.45, 2.75) is 26.7 Å². The average molecular weight is 225 g/mol. The molecular weight excluding hydrogens is 205 g/mol. The van der Waals surface area contributed by atoms with Crippen molar-refractivity contribution in [1.29, 1.82) is 0 Å². The van der Waals surface area contributed by atoms with Crippen LogP contribution in [-0.2, 0) is 0 Å². The number of hydrogen-bond acceptors (Lipinski definition) is 2. The van der Waals surface area contributed by atoms with Crippen molar-refractivity contribution in [3.8, 4) is 5.75 Å². The second kappa shape index (κ2) is 6.36. The highest BCUT2D eigenvalue weighted by atomic mass is 19.1. The molecule has 0 radical (unpaired) electrons. The van der Waals surface area contributed by atoms with E-state index in [2.05, 4.69) is 19.2 Å². The third kappa shape index (κ3) is 3.72. The third-order valence-electron chi connectivity index (χ3n) is 2.59. The fourth-order valence-corrected chi connectivity index (χ4v) is 1.66. The molecule has 1 aromatic rings. The lowest BCUT2D eigenvalue weighted by molar-refractivity contribution is 0.386. The van der Waals surface area contributed by atoms with Gasteiger partial charge in [-0.2, -0.15) is 0 Å². The first-order valence-corrected chi connectivity index (χ1v) is 5.74. The van der Waals surface area contributed by atoms with Gasteiger partial charge in [0, 0.05) is 18.3 Å². The molecule has 3 heteroatoms. The minimum atomic E-state index is -0.323.